The zero-order valence-corrected chi connectivity index (χ0v) is 13.9. The molecule has 0 radical (unpaired) electrons. The van der Waals surface area contributed by atoms with Crippen LogP contribution in [0.4, 0.5) is 10.1 Å². The summed E-state index contributed by atoms with van der Waals surface area (Å²) in [7, 11) is 0. The molecule has 3 rings (SSSR count). The highest BCUT2D eigenvalue weighted by Crippen LogP contribution is 2.27. The molecule has 2 aliphatic heterocycles. The Bertz CT molecular complexity index is 599. The maximum absolute atomic E-state index is 13.0. The first-order valence-corrected chi connectivity index (χ1v) is 8.51. The Labute approximate surface area is 141 Å². The van der Waals surface area contributed by atoms with Gasteiger partial charge in [-0.2, -0.15) is 0 Å². The van der Waals surface area contributed by atoms with E-state index >= 15 is 0 Å². The molecule has 5 nitrogen and oxygen atoms in total. The van der Waals surface area contributed by atoms with Crippen molar-refractivity contribution in [1.29, 1.82) is 0 Å². The lowest BCUT2D eigenvalue weighted by molar-refractivity contribution is -0.136. The van der Waals surface area contributed by atoms with Crippen LogP contribution in [-0.4, -0.2) is 49.6 Å². The summed E-state index contributed by atoms with van der Waals surface area (Å²) in [4.78, 5) is 28.5. The first kappa shape index (κ1) is 16.9. The minimum absolute atomic E-state index is 0.0300. The van der Waals surface area contributed by atoms with E-state index in [-0.39, 0.29) is 30.0 Å². The van der Waals surface area contributed by atoms with Crippen molar-refractivity contribution in [3.8, 4) is 0 Å². The Hall–Kier alpha value is -1.95. The molecule has 130 valence electrons. The van der Waals surface area contributed by atoms with Crippen LogP contribution in [-0.2, 0) is 14.3 Å². The average Bonchev–Trinajstić information content (AvgIpc) is 3.22. The number of hydrogen-bond acceptors (Lipinski definition) is 3. The fourth-order valence-corrected chi connectivity index (χ4v) is 3.42. The predicted molar refractivity (Wildman–Crippen MR) is 88.0 cm³/mol. The lowest BCUT2D eigenvalue weighted by atomic mass is 10.0. The number of anilines is 1. The van der Waals surface area contributed by atoms with Gasteiger partial charge in [0.1, 0.15) is 5.82 Å². The number of ether oxygens (including phenoxy) is 1. The van der Waals surface area contributed by atoms with E-state index in [4.69, 9.17) is 4.74 Å². The Balaban J connectivity index is 1.65. The highest BCUT2D eigenvalue weighted by molar-refractivity contribution is 6.00. The lowest BCUT2D eigenvalue weighted by Gasteiger charge is -2.26. The van der Waals surface area contributed by atoms with Crippen LogP contribution in [0, 0.1) is 17.7 Å². The van der Waals surface area contributed by atoms with Gasteiger partial charge in [-0.25, -0.2) is 4.39 Å². The van der Waals surface area contributed by atoms with Crippen molar-refractivity contribution < 1.29 is 18.7 Å². The van der Waals surface area contributed by atoms with Gasteiger partial charge in [-0.15, -0.1) is 0 Å². The van der Waals surface area contributed by atoms with E-state index in [9.17, 15) is 14.0 Å². The average molecular weight is 334 g/mol. The number of carbonyl (C=O) groups is 2. The summed E-state index contributed by atoms with van der Waals surface area (Å²) in [5.41, 5.74) is 0.643. The fraction of sp³-hybridized carbons (Fsp3) is 0.556. The molecular formula is C18H23FN2O3. The fourth-order valence-electron chi connectivity index (χ4n) is 3.42. The maximum atomic E-state index is 13.0. The van der Waals surface area contributed by atoms with Gasteiger partial charge in [0, 0.05) is 44.3 Å². The van der Waals surface area contributed by atoms with Gasteiger partial charge >= 0.3 is 0 Å². The van der Waals surface area contributed by atoms with Gasteiger partial charge in [-0.1, -0.05) is 0 Å². The number of carbonyl (C=O) groups excluding carboxylic acids is 2. The van der Waals surface area contributed by atoms with Crippen LogP contribution in [0.5, 0.6) is 0 Å². The molecule has 0 spiro atoms. The van der Waals surface area contributed by atoms with E-state index in [1.807, 2.05) is 11.8 Å². The molecule has 2 fully saturated rings. The molecule has 2 heterocycles. The summed E-state index contributed by atoms with van der Waals surface area (Å²) in [6, 6.07) is 5.81. The molecule has 0 N–H and O–H groups in total. The normalized spacial score (nSPS) is 23.8. The molecule has 2 saturated heterocycles. The molecule has 2 aliphatic rings. The summed E-state index contributed by atoms with van der Waals surface area (Å²) in [6.07, 6.45) is 1.20. The highest BCUT2D eigenvalue weighted by Gasteiger charge is 2.37. The summed E-state index contributed by atoms with van der Waals surface area (Å²) in [5, 5.41) is 0. The first-order valence-electron chi connectivity index (χ1n) is 8.51. The molecule has 2 unspecified atom stereocenters. The summed E-state index contributed by atoms with van der Waals surface area (Å²) >= 11 is 0. The van der Waals surface area contributed by atoms with E-state index in [2.05, 4.69) is 0 Å². The number of amides is 2. The van der Waals surface area contributed by atoms with E-state index in [1.54, 1.807) is 17.0 Å². The monoisotopic (exact) mass is 334 g/mol. The minimum atomic E-state index is -0.339. The van der Waals surface area contributed by atoms with E-state index in [0.29, 0.717) is 37.8 Å². The van der Waals surface area contributed by atoms with Gasteiger partial charge in [0.15, 0.2) is 0 Å². The van der Waals surface area contributed by atoms with Crippen LogP contribution in [0.15, 0.2) is 24.3 Å². The summed E-state index contributed by atoms with van der Waals surface area (Å²) < 4.78 is 18.4. The maximum Gasteiger partial charge on any atom is 0.228 e. The predicted octanol–water partition coefficient (Wildman–Crippen LogP) is 2.06. The molecule has 0 bridgehead atoms. The van der Waals surface area contributed by atoms with Crippen LogP contribution in [0.2, 0.25) is 0 Å². The van der Waals surface area contributed by atoms with Crippen molar-refractivity contribution in [1.82, 2.24) is 4.90 Å². The Morgan fingerprint density at radius 3 is 2.75 bits per heavy atom. The van der Waals surface area contributed by atoms with Gasteiger partial charge < -0.3 is 14.5 Å². The van der Waals surface area contributed by atoms with Gasteiger partial charge in [0.25, 0.3) is 0 Å². The van der Waals surface area contributed by atoms with Crippen molar-refractivity contribution in [2.45, 2.75) is 19.8 Å². The summed E-state index contributed by atoms with van der Waals surface area (Å²) in [6.45, 7) is 5.11. The van der Waals surface area contributed by atoms with Gasteiger partial charge in [-0.3, -0.25) is 9.59 Å². The Morgan fingerprint density at radius 1 is 1.38 bits per heavy atom. The van der Waals surface area contributed by atoms with Crippen molar-refractivity contribution in [2.75, 3.05) is 37.7 Å². The number of nitrogens with zero attached hydrogens (tertiary/aromatic N) is 2. The smallest absolute Gasteiger partial charge is 0.228 e. The quantitative estimate of drug-likeness (QED) is 0.828. The van der Waals surface area contributed by atoms with Crippen molar-refractivity contribution in [2.24, 2.45) is 11.8 Å². The van der Waals surface area contributed by atoms with Crippen LogP contribution in [0.3, 0.4) is 0 Å². The topological polar surface area (TPSA) is 49.9 Å². The van der Waals surface area contributed by atoms with Gasteiger partial charge in [-0.05, 0) is 37.6 Å². The van der Waals surface area contributed by atoms with Crippen LogP contribution in [0.25, 0.3) is 0 Å². The molecule has 24 heavy (non-hydrogen) atoms. The molecule has 2 atom stereocenters. The molecule has 0 aliphatic carbocycles. The Kier molecular flexibility index (Phi) is 5.14. The largest absolute Gasteiger partial charge is 0.381 e. The first-order chi connectivity index (χ1) is 11.6. The number of hydrogen-bond donors (Lipinski definition) is 0. The minimum Gasteiger partial charge on any atom is -0.381 e. The van der Waals surface area contributed by atoms with Crippen LogP contribution >= 0.6 is 0 Å². The second-order valence-corrected chi connectivity index (χ2v) is 6.49. The number of halogens is 1. The molecular weight excluding hydrogens is 311 g/mol. The van der Waals surface area contributed by atoms with Crippen molar-refractivity contribution in [3.05, 3.63) is 30.1 Å². The zero-order valence-electron chi connectivity index (χ0n) is 13.9. The molecule has 1 aromatic carbocycles. The molecule has 0 aromatic heterocycles. The third-order valence-corrected chi connectivity index (χ3v) is 4.81. The van der Waals surface area contributed by atoms with Crippen LogP contribution < -0.4 is 4.90 Å². The second kappa shape index (κ2) is 7.30. The second-order valence-electron chi connectivity index (χ2n) is 6.49. The van der Waals surface area contributed by atoms with Gasteiger partial charge in [0.2, 0.25) is 11.8 Å². The SMILES string of the molecule is CCN(CC1CCOC1)C(=O)C1CC(=O)N(c2ccc(F)cc2)C1. The molecule has 6 heteroatoms. The Morgan fingerprint density at radius 2 is 2.12 bits per heavy atom. The number of benzene rings is 1. The van der Waals surface area contributed by atoms with E-state index in [1.165, 1.54) is 12.1 Å². The molecule has 0 saturated carbocycles. The van der Waals surface area contributed by atoms with Crippen molar-refractivity contribution >= 4 is 17.5 Å². The van der Waals surface area contributed by atoms with Crippen molar-refractivity contribution in [3.63, 3.8) is 0 Å². The van der Waals surface area contributed by atoms with E-state index in [0.717, 1.165) is 13.0 Å². The van der Waals surface area contributed by atoms with Gasteiger partial charge in [0.05, 0.1) is 12.5 Å². The third kappa shape index (κ3) is 3.59. The molecule has 1 aromatic rings. The molecule has 2 amide bonds. The summed E-state index contributed by atoms with van der Waals surface area (Å²) in [5.74, 6) is -0.333. The third-order valence-electron chi connectivity index (χ3n) is 4.81. The number of rotatable bonds is 5. The zero-order chi connectivity index (χ0) is 17.1. The van der Waals surface area contributed by atoms with E-state index < -0.39 is 0 Å². The highest BCUT2D eigenvalue weighted by atomic mass is 19.1. The van der Waals surface area contributed by atoms with Crippen LogP contribution in [0.1, 0.15) is 19.8 Å². The standard InChI is InChI=1S/C18H23FN2O3/c1-2-20(10-13-7-8-24-12-13)18(23)14-9-17(22)21(11-14)16-5-3-15(19)4-6-16/h3-6,13-14H,2,7-12H2,1H3. The lowest BCUT2D eigenvalue weighted by Crippen LogP contribution is -2.40.